The third kappa shape index (κ3) is 6.41. The average molecular weight is 560 g/mol. The second kappa shape index (κ2) is 13.5. The van der Waals surface area contributed by atoms with Crippen LogP contribution in [-0.2, 0) is 14.3 Å². The van der Waals surface area contributed by atoms with Gasteiger partial charge in [0, 0.05) is 23.6 Å². The maximum Gasteiger partial charge on any atom is 0.340 e. The lowest BCUT2D eigenvalue weighted by molar-refractivity contribution is -0.122. The van der Waals surface area contributed by atoms with Crippen LogP contribution < -0.4 is 4.90 Å². The van der Waals surface area contributed by atoms with Crippen LogP contribution in [0.5, 0.6) is 0 Å². The summed E-state index contributed by atoms with van der Waals surface area (Å²) in [6, 6.07) is 35.3. The summed E-state index contributed by atoms with van der Waals surface area (Å²) in [5.74, 6) is -0.568. The largest absolute Gasteiger partial charge is 0.462 e. The van der Waals surface area contributed by atoms with Crippen LogP contribution in [0.3, 0.4) is 0 Å². The summed E-state index contributed by atoms with van der Waals surface area (Å²) in [5, 5.41) is 0. The van der Waals surface area contributed by atoms with Gasteiger partial charge < -0.3 is 14.4 Å². The van der Waals surface area contributed by atoms with Crippen LogP contribution in [0.15, 0.2) is 120 Å². The maximum atomic E-state index is 13.4. The molecule has 1 fully saturated rings. The molecule has 1 amide bonds. The quantitative estimate of drug-likeness (QED) is 0.145. The minimum Gasteiger partial charge on any atom is -0.462 e. The second-order valence-corrected chi connectivity index (χ2v) is 9.65. The predicted molar refractivity (Wildman–Crippen MR) is 166 cm³/mol. The minimum atomic E-state index is -0.474. The van der Waals surface area contributed by atoms with Crippen LogP contribution in [0.4, 0.5) is 22.7 Å². The first-order valence-corrected chi connectivity index (χ1v) is 14.2. The molecule has 0 radical (unpaired) electrons. The number of benzene rings is 4. The summed E-state index contributed by atoms with van der Waals surface area (Å²) < 4.78 is 11.2. The summed E-state index contributed by atoms with van der Waals surface area (Å²) in [6.45, 7) is 4.51. The summed E-state index contributed by atoms with van der Waals surface area (Å²) in [6.07, 6.45) is 3.40. The zero-order valence-corrected chi connectivity index (χ0v) is 23.8. The van der Waals surface area contributed by atoms with Gasteiger partial charge in [-0.15, -0.1) is 0 Å². The van der Waals surface area contributed by atoms with Crippen LogP contribution in [0.2, 0.25) is 0 Å². The van der Waals surface area contributed by atoms with Crippen LogP contribution in [0.1, 0.15) is 42.6 Å². The molecule has 1 aliphatic heterocycles. The monoisotopic (exact) mass is 559 g/mol. The van der Waals surface area contributed by atoms with Crippen molar-refractivity contribution in [2.45, 2.75) is 26.7 Å². The van der Waals surface area contributed by atoms with E-state index in [1.807, 2.05) is 60.7 Å². The number of anilines is 3. The molecular weight excluding hydrogens is 526 g/mol. The van der Waals surface area contributed by atoms with E-state index in [2.05, 4.69) is 41.1 Å². The molecule has 1 aliphatic rings. The molecule has 0 atom stereocenters. The lowest BCUT2D eigenvalue weighted by Crippen LogP contribution is -2.30. The molecule has 0 bridgehead atoms. The third-order valence-corrected chi connectivity index (χ3v) is 6.72. The number of unbranched alkanes of at least 4 members (excludes halogenated alkanes) is 1. The van der Waals surface area contributed by atoms with Gasteiger partial charge in [-0.1, -0.05) is 74.0 Å². The molecule has 7 heteroatoms. The first kappa shape index (κ1) is 28.4. The molecular formula is C35H33N3O4. The Balaban J connectivity index is 1.45. The maximum absolute atomic E-state index is 13.4. The molecule has 1 saturated heterocycles. The number of hydrogen-bond donors (Lipinski definition) is 0. The van der Waals surface area contributed by atoms with E-state index < -0.39 is 5.97 Å². The Bertz CT molecular complexity index is 1540. The topological polar surface area (TPSA) is 71.4 Å². The van der Waals surface area contributed by atoms with Crippen molar-refractivity contribution in [1.82, 2.24) is 4.90 Å². The van der Waals surface area contributed by atoms with E-state index in [1.165, 1.54) is 4.90 Å². The van der Waals surface area contributed by atoms with Crippen molar-refractivity contribution in [3.05, 3.63) is 126 Å². The first-order valence-electron chi connectivity index (χ1n) is 14.2. The van der Waals surface area contributed by atoms with Crippen molar-refractivity contribution in [2.24, 2.45) is 4.99 Å². The molecule has 0 saturated carbocycles. The highest BCUT2D eigenvalue weighted by Gasteiger charge is 2.34. The number of rotatable bonds is 10. The van der Waals surface area contributed by atoms with Crippen LogP contribution in [0, 0.1) is 0 Å². The average Bonchev–Trinajstić information content (AvgIpc) is 3.31. The van der Waals surface area contributed by atoms with Crippen molar-refractivity contribution in [3.63, 3.8) is 0 Å². The molecule has 0 unspecified atom stereocenters. The Morgan fingerprint density at radius 1 is 0.833 bits per heavy atom. The molecule has 1 heterocycles. The molecule has 42 heavy (non-hydrogen) atoms. The summed E-state index contributed by atoms with van der Waals surface area (Å²) in [5.41, 5.74) is 4.57. The molecule has 0 aromatic heterocycles. The van der Waals surface area contributed by atoms with E-state index in [1.54, 1.807) is 37.3 Å². The summed E-state index contributed by atoms with van der Waals surface area (Å²) >= 11 is 0. The Morgan fingerprint density at radius 3 is 2.05 bits per heavy atom. The van der Waals surface area contributed by atoms with Gasteiger partial charge in [-0.05, 0) is 73.5 Å². The number of aliphatic imine (C=N–C) groups is 1. The van der Waals surface area contributed by atoms with E-state index in [-0.39, 0.29) is 24.3 Å². The number of nitrogens with zero attached hydrogens (tertiary/aromatic N) is 3. The Hall–Kier alpha value is -5.17. The Kier molecular flexibility index (Phi) is 9.09. The van der Waals surface area contributed by atoms with Crippen molar-refractivity contribution in [1.29, 1.82) is 0 Å². The molecule has 4 aromatic carbocycles. The number of amidine groups is 1. The van der Waals surface area contributed by atoms with Gasteiger partial charge >= 0.3 is 12.0 Å². The summed E-state index contributed by atoms with van der Waals surface area (Å²) in [7, 11) is 0. The van der Waals surface area contributed by atoms with Crippen molar-refractivity contribution in [2.75, 3.05) is 18.1 Å². The van der Waals surface area contributed by atoms with Crippen molar-refractivity contribution in [3.8, 4) is 0 Å². The van der Waals surface area contributed by atoms with Crippen LogP contribution >= 0.6 is 0 Å². The number of ether oxygens (including phenoxy) is 2. The van der Waals surface area contributed by atoms with Gasteiger partial charge in [-0.2, -0.15) is 4.99 Å². The smallest absolute Gasteiger partial charge is 0.340 e. The fourth-order valence-electron chi connectivity index (χ4n) is 4.63. The van der Waals surface area contributed by atoms with Crippen molar-refractivity contribution < 1.29 is 19.1 Å². The highest BCUT2D eigenvalue weighted by atomic mass is 16.5. The molecule has 4 aromatic rings. The highest BCUT2D eigenvalue weighted by molar-refractivity contribution is 6.12. The number of carbonyl (C=O) groups excluding carboxylic acids is 2. The SMILES string of the molecule is CCCCN1C(=O)/C(=C\c2ccc(N(c3ccccc3)c3ccccc3)cc2)O/C1=N\c1ccccc1C(=O)OCC. The van der Waals surface area contributed by atoms with E-state index in [0.29, 0.717) is 17.8 Å². The van der Waals surface area contributed by atoms with Gasteiger partial charge in [-0.25, -0.2) is 4.79 Å². The number of amides is 1. The normalized spacial score (nSPS) is 14.7. The number of carbonyl (C=O) groups is 2. The zero-order valence-electron chi connectivity index (χ0n) is 23.8. The standard InChI is InChI=1S/C35H33N3O4/c1-3-5-24-37-33(39)32(42-35(37)36-31-19-13-12-18-30(31)34(40)41-4-2)25-26-20-22-29(23-21-26)38(27-14-8-6-9-15-27)28-16-10-7-11-17-28/h6-23,25H,3-5,24H2,1-2H3/b32-25+,36-35-. The predicted octanol–water partition coefficient (Wildman–Crippen LogP) is 8.02. The number of esters is 1. The zero-order chi connectivity index (χ0) is 29.3. The third-order valence-electron chi connectivity index (χ3n) is 6.72. The molecule has 0 spiro atoms. The van der Waals surface area contributed by atoms with Gasteiger partial charge in [0.1, 0.15) is 0 Å². The number of hydrogen-bond acceptors (Lipinski definition) is 6. The minimum absolute atomic E-state index is 0.146. The van der Waals surface area contributed by atoms with E-state index in [9.17, 15) is 9.59 Å². The molecule has 0 N–H and O–H groups in total. The van der Waals surface area contributed by atoms with Gasteiger partial charge in [0.2, 0.25) is 0 Å². The van der Waals surface area contributed by atoms with Crippen LogP contribution in [0.25, 0.3) is 6.08 Å². The van der Waals surface area contributed by atoms with E-state index in [0.717, 1.165) is 35.5 Å². The van der Waals surface area contributed by atoms with Gasteiger partial charge in [0.15, 0.2) is 5.76 Å². The molecule has 0 aliphatic carbocycles. The Labute approximate surface area is 246 Å². The lowest BCUT2D eigenvalue weighted by atomic mass is 10.1. The van der Waals surface area contributed by atoms with E-state index >= 15 is 0 Å². The molecule has 7 nitrogen and oxygen atoms in total. The molecule has 5 rings (SSSR count). The van der Waals surface area contributed by atoms with E-state index in [4.69, 9.17) is 9.47 Å². The fourth-order valence-corrected chi connectivity index (χ4v) is 4.63. The molecule has 212 valence electrons. The van der Waals surface area contributed by atoms with Gasteiger partial charge in [-0.3, -0.25) is 9.69 Å². The lowest BCUT2D eigenvalue weighted by Gasteiger charge is -2.25. The van der Waals surface area contributed by atoms with Gasteiger partial charge in [0.25, 0.3) is 5.91 Å². The highest BCUT2D eigenvalue weighted by Crippen LogP contribution is 2.34. The summed E-state index contributed by atoms with van der Waals surface area (Å²) in [4.78, 5) is 34.2. The van der Waals surface area contributed by atoms with Crippen LogP contribution in [-0.4, -0.2) is 35.9 Å². The second-order valence-electron chi connectivity index (χ2n) is 9.65. The van der Waals surface area contributed by atoms with Gasteiger partial charge in [0.05, 0.1) is 17.9 Å². The fraction of sp³-hybridized carbons (Fsp3) is 0.171. The van der Waals surface area contributed by atoms with Crippen molar-refractivity contribution >= 4 is 46.7 Å². The first-order chi connectivity index (χ1) is 20.6. The Morgan fingerprint density at radius 2 is 1.43 bits per heavy atom. The number of para-hydroxylation sites is 3.